The van der Waals surface area contributed by atoms with Gasteiger partial charge in [-0.05, 0) is 12.5 Å². The Labute approximate surface area is 59.4 Å². The van der Waals surface area contributed by atoms with Gasteiger partial charge >= 0.3 is 5.97 Å². The third-order valence-corrected chi connectivity index (χ3v) is 1.96. The van der Waals surface area contributed by atoms with Gasteiger partial charge in [0.2, 0.25) is 0 Å². The quantitative estimate of drug-likeness (QED) is 0.458. The van der Waals surface area contributed by atoms with Crippen molar-refractivity contribution >= 4 is 5.97 Å². The van der Waals surface area contributed by atoms with Crippen molar-refractivity contribution in [2.45, 2.75) is 0 Å². The fourth-order valence-corrected chi connectivity index (χ4v) is 1.27. The molecule has 2 atom stereocenters. The van der Waals surface area contributed by atoms with Crippen LogP contribution in [0.15, 0.2) is 0 Å². The van der Waals surface area contributed by atoms with Gasteiger partial charge in [-0.25, -0.2) is 0 Å². The molecule has 0 spiro atoms. The van der Waals surface area contributed by atoms with E-state index in [1.807, 2.05) is 0 Å². The molecule has 1 rings (SSSR count). The molecule has 1 aliphatic heterocycles. The summed E-state index contributed by atoms with van der Waals surface area (Å²) in [6, 6.07) is 0. The second-order valence-electron chi connectivity index (χ2n) is 2.60. The van der Waals surface area contributed by atoms with Gasteiger partial charge < -0.3 is 16.2 Å². The molecule has 58 valence electrons. The maximum absolute atomic E-state index is 10.5. The smallest absolute Gasteiger partial charge is 0.308 e. The molecule has 4 N–H and O–H groups in total. The van der Waals surface area contributed by atoms with E-state index in [1.165, 1.54) is 0 Å². The van der Waals surface area contributed by atoms with Crippen molar-refractivity contribution in [3.8, 4) is 0 Å². The van der Waals surface area contributed by atoms with Gasteiger partial charge in [0.05, 0.1) is 5.92 Å². The van der Waals surface area contributed by atoms with Crippen LogP contribution in [0.3, 0.4) is 0 Å². The van der Waals surface area contributed by atoms with Crippen LogP contribution in [0.4, 0.5) is 0 Å². The Morgan fingerprint density at radius 1 is 1.70 bits per heavy atom. The van der Waals surface area contributed by atoms with E-state index in [2.05, 4.69) is 5.32 Å². The van der Waals surface area contributed by atoms with Gasteiger partial charge in [0.15, 0.2) is 0 Å². The number of hydrogen-bond acceptors (Lipinski definition) is 3. The minimum Gasteiger partial charge on any atom is -0.481 e. The molecule has 0 aromatic rings. The number of aliphatic carboxylic acids is 1. The number of carbonyl (C=O) groups is 1. The maximum atomic E-state index is 10.5. The number of nitrogens with two attached hydrogens (primary N) is 1. The van der Waals surface area contributed by atoms with Crippen molar-refractivity contribution in [3.05, 3.63) is 0 Å². The molecule has 0 amide bonds. The molecule has 1 heterocycles. The van der Waals surface area contributed by atoms with Crippen LogP contribution in [0.5, 0.6) is 0 Å². The monoisotopic (exact) mass is 144 g/mol. The summed E-state index contributed by atoms with van der Waals surface area (Å²) in [5.74, 6) is -0.886. The summed E-state index contributed by atoms with van der Waals surface area (Å²) < 4.78 is 0. The van der Waals surface area contributed by atoms with Gasteiger partial charge in [0, 0.05) is 13.1 Å². The first-order valence-electron chi connectivity index (χ1n) is 3.39. The Kier molecular flexibility index (Phi) is 2.24. The Hall–Kier alpha value is -0.610. The molecule has 0 aromatic heterocycles. The highest BCUT2D eigenvalue weighted by Gasteiger charge is 2.31. The standard InChI is InChI=1S/C6H12N2O2/c7-1-4-2-8-3-5(4)6(9)10/h4-5,8H,1-3,7H2,(H,9,10)/t4-,5+/m0/s1. The van der Waals surface area contributed by atoms with E-state index in [1.54, 1.807) is 0 Å². The van der Waals surface area contributed by atoms with Crippen molar-refractivity contribution in [2.75, 3.05) is 19.6 Å². The zero-order valence-electron chi connectivity index (χ0n) is 5.71. The second kappa shape index (κ2) is 2.98. The van der Waals surface area contributed by atoms with E-state index in [0.717, 1.165) is 6.54 Å². The number of rotatable bonds is 2. The molecule has 1 fully saturated rings. The Morgan fingerprint density at radius 3 is 2.80 bits per heavy atom. The zero-order valence-corrected chi connectivity index (χ0v) is 5.71. The Morgan fingerprint density at radius 2 is 2.40 bits per heavy atom. The summed E-state index contributed by atoms with van der Waals surface area (Å²) in [5, 5.41) is 11.6. The average Bonchev–Trinajstić information content (AvgIpc) is 2.33. The molecule has 1 aliphatic rings. The van der Waals surface area contributed by atoms with Crippen LogP contribution in [-0.2, 0) is 4.79 Å². The van der Waals surface area contributed by atoms with E-state index in [9.17, 15) is 4.79 Å². The van der Waals surface area contributed by atoms with Crippen LogP contribution in [-0.4, -0.2) is 30.7 Å². The highest BCUT2D eigenvalue weighted by Crippen LogP contribution is 2.14. The minimum atomic E-state index is -0.736. The lowest BCUT2D eigenvalue weighted by Crippen LogP contribution is -2.27. The molecule has 1 saturated heterocycles. The van der Waals surface area contributed by atoms with Crippen LogP contribution >= 0.6 is 0 Å². The first-order valence-corrected chi connectivity index (χ1v) is 3.39. The topological polar surface area (TPSA) is 75.3 Å². The molecular formula is C6H12N2O2. The summed E-state index contributed by atoms with van der Waals surface area (Å²) in [5.41, 5.74) is 5.36. The molecule has 0 saturated carbocycles. The van der Waals surface area contributed by atoms with E-state index in [4.69, 9.17) is 10.8 Å². The third-order valence-electron chi connectivity index (χ3n) is 1.96. The maximum Gasteiger partial charge on any atom is 0.308 e. The van der Waals surface area contributed by atoms with Gasteiger partial charge in [-0.2, -0.15) is 0 Å². The SMILES string of the molecule is NC[C@H]1CNC[C@H]1C(=O)O. The van der Waals surface area contributed by atoms with Crippen molar-refractivity contribution in [2.24, 2.45) is 17.6 Å². The predicted molar refractivity (Wildman–Crippen MR) is 36.5 cm³/mol. The van der Waals surface area contributed by atoms with Crippen LogP contribution < -0.4 is 11.1 Å². The molecule has 0 unspecified atom stereocenters. The summed E-state index contributed by atoms with van der Waals surface area (Å²) in [6.45, 7) is 1.77. The molecular weight excluding hydrogens is 132 g/mol. The highest BCUT2D eigenvalue weighted by molar-refractivity contribution is 5.71. The van der Waals surface area contributed by atoms with Gasteiger partial charge in [0.1, 0.15) is 0 Å². The van der Waals surface area contributed by atoms with Crippen molar-refractivity contribution in [1.82, 2.24) is 5.32 Å². The minimum absolute atomic E-state index is 0.123. The molecule has 0 radical (unpaired) electrons. The van der Waals surface area contributed by atoms with Gasteiger partial charge in [-0.1, -0.05) is 0 Å². The van der Waals surface area contributed by atoms with E-state index in [-0.39, 0.29) is 11.8 Å². The first-order chi connectivity index (χ1) is 4.75. The number of carboxylic acid groups (broad SMARTS) is 1. The lowest BCUT2D eigenvalue weighted by atomic mass is 9.97. The molecule has 4 heteroatoms. The van der Waals surface area contributed by atoms with Crippen LogP contribution in [0.25, 0.3) is 0 Å². The molecule has 0 aromatic carbocycles. The molecule has 0 aliphatic carbocycles. The van der Waals surface area contributed by atoms with E-state index in [0.29, 0.717) is 13.1 Å². The van der Waals surface area contributed by atoms with Crippen LogP contribution in [0.1, 0.15) is 0 Å². The fourth-order valence-electron chi connectivity index (χ4n) is 1.27. The zero-order chi connectivity index (χ0) is 7.56. The van der Waals surface area contributed by atoms with Crippen LogP contribution in [0.2, 0.25) is 0 Å². The third kappa shape index (κ3) is 1.27. The van der Waals surface area contributed by atoms with Crippen molar-refractivity contribution in [1.29, 1.82) is 0 Å². The average molecular weight is 144 g/mol. The van der Waals surface area contributed by atoms with Gasteiger partial charge in [-0.15, -0.1) is 0 Å². The van der Waals surface area contributed by atoms with E-state index >= 15 is 0 Å². The number of hydrogen-bond donors (Lipinski definition) is 3. The lowest BCUT2D eigenvalue weighted by molar-refractivity contribution is -0.142. The summed E-state index contributed by atoms with van der Waals surface area (Å²) in [7, 11) is 0. The lowest BCUT2D eigenvalue weighted by Gasteiger charge is -2.10. The summed E-state index contributed by atoms with van der Waals surface area (Å²) in [6.07, 6.45) is 0. The van der Waals surface area contributed by atoms with Gasteiger partial charge in [-0.3, -0.25) is 4.79 Å². The highest BCUT2D eigenvalue weighted by atomic mass is 16.4. The summed E-state index contributed by atoms with van der Waals surface area (Å²) >= 11 is 0. The Bertz CT molecular complexity index is 138. The molecule has 4 nitrogen and oxygen atoms in total. The first kappa shape index (κ1) is 7.50. The Balaban J connectivity index is 2.50. The van der Waals surface area contributed by atoms with Crippen molar-refractivity contribution in [3.63, 3.8) is 0 Å². The normalized spacial score (nSPS) is 32.5. The largest absolute Gasteiger partial charge is 0.481 e. The predicted octanol–water partition coefficient (Wildman–Crippen LogP) is -1.13. The van der Waals surface area contributed by atoms with E-state index < -0.39 is 5.97 Å². The van der Waals surface area contributed by atoms with Crippen LogP contribution in [0, 0.1) is 11.8 Å². The number of carboxylic acids is 1. The number of nitrogens with one attached hydrogen (secondary N) is 1. The molecule has 0 bridgehead atoms. The van der Waals surface area contributed by atoms with Gasteiger partial charge in [0.25, 0.3) is 0 Å². The summed E-state index contributed by atoms with van der Waals surface area (Å²) in [4.78, 5) is 10.5. The van der Waals surface area contributed by atoms with Crippen molar-refractivity contribution < 1.29 is 9.90 Å². The molecule has 10 heavy (non-hydrogen) atoms. The fraction of sp³-hybridized carbons (Fsp3) is 0.833. The second-order valence-corrected chi connectivity index (χ2v) is 2.60.